The Morgan fingerprint density at radius 3 is 2.57 bits per heavy atom. The van der Waals surface area contributed by atoms with Gasteiger partial charge in [0.25, 0.3) is 11.5 Å². The van der Waals surface area contributed by atoms with Crippen LogP contribution in [0.15, 0.2) is 10.9 Å². The molecule has 2 aliphatic heterocycles. The molecule has 1 aromatic rings. The average molecular weight is 418 g/mol. The summed E-state index contributed by atoms with van der Waals surface area (Å²) in [6.07, 6.45) is 5.48. The van der Waals surface area contributed by atoms with Gasteiger partial charge in [0.05, 0.1) is 14.2 Å². The van der Waals surface area contributed by atoms with E-state index in [2.05, 4.69) is 4.90 Å². The van der Waals surface area contributed by atoms with Crippen molar-refractivity contribution < 1.29 is 19.1 Å². The van der Waals surface area contributed by atoms with Gasteiger partial charge in [0.1, 0.15) is 17.4 Å². The molecule has 1 aliphatic carbocycles. The molecule has 2 fully saturated rings. The zero-order chi connectivity index (χ0) is 21.3. The van der Waals surface area contributed by atoms with Crippen molar-refractivity contribution in [2.75, 3.05) is 40.4 Å². The minimum absolute atomic E-state index is 0.144. The second kappa shape index (κ2) is 8.79. The molecule has 0 bridgehead atoms. The number of rotatable bonds is 5. The summed E-state index contributed by atoms with van der Waals surface area (Å²) < 4.78 is 12.1. The number of fused-ring (bicyclic) bond motifs is 1. The summed E-state index contributed by atoms with van der Waals surface area (Å²) in [5, 5.41) is 0. The number of hydrogen-bond acceptors (Lipinski definition) is 6. The van der Waals surface area contributed by atoms with Gasteiger partial charge in [0.2, 0.25) is 0 Å². The minimum Gasteiger partial charge on any atom is -0.496 e. The van der Waals surface area contributed by atoms with Gasteiger partial charge in [-0.3, -0.25) is 9.59 Å². The van der Waals surface area contributed by atoms with E-state index in [0.29, 0.717) is 37.2 Å². The second-order valence-corrected chi connectivity index (χ2v) is 8.55. The first-order valence-corrected chi connectivity index (χ1v) is 10.9. The number of esters is 1. The Morgan fingerprint density at radius 1 is 1.07 bits per heavy atom. The highest BCUT2D eigenvalue weighted by Gasteiger charge is 2.37. The second-order valence-electron chi connectivity index (χ2n) is 8.55. The number of amides is 1. The Morgan fingerprint density at radius 2 is 1.87 bits per heavy atom. The highest BCUT2D eigenvalue weighted by Crippen LogP contribution is 2.31. The quantitative estimate of drug-likeness (QED) is 0.672. The third kappa shape index (κ3) is 4.10. The molecular formula is C22H31N3O5. The summed E-state index contributed by atoms with van der Waals surface area (Å²) in [5.41, 5.74) is 0.993. The molecule has 0 spiro atoms. The van der Waals surface area contributed by atoms with Gasteiger partial charge in [-0.2, -0.15) is 0 Å². The number of carbonyl (C=O) groups excluding carboxylic acids is 2. The number of aromatic nitrogens is 1. The van der Waals surface area contributed by atoms with Gasteiger partial charge in [-0.1, -0.05) is 0 Å². The molecule has 8 nitrogen and oxygen atoms in total. The average Bonchev–Trinajstić information content (AvgIpc) is 3.60. The molecule has 1 saturated heterocycles. The predicted molar refractivity (Wildman–Crippen MR) is 111 cm³/mol. The van der Waals surface area contributed by atoms with Crippen LogP contribution < -0.4 is 10.3 Å². The molecule has 164 valence electrons. The summed E-state index contributed by atoms with van der Waals surface area (Å²) in [7, 11) is 2.83. The van der Waals surface area contributed by atoms with Crippen molar-refractivity contribution in [2.45, 2.75) is 51.1 Å². The third-order valence-corrected chi connectivity index (χ3v) is 6.57. The molecular weight excluding hydrogens is 386 g/mol. The molecule has 0 aromatic carbocycles. The maximum atomic E-state index is 13.7. The number of methoxy groups -OCH3 is 2. The highest BCUT2D eigenvalue weighted by atomic mass is 16.5. The first-order valence-electron chi connectivity index (χ1n) is 10.9. The SMILES string of the molecule is COC(=O)[C@@H]1CCCCN1C(=O)c1c(OC)cc(=O)n2c1CCN(CC1CC1)CC2. The predicted octanol–water partition coefficient (Wildman–Crippen LogP) is 1.29. The van der Waals surface area contributed by atoms with Crippen LogP contribution in [0, 0.1) is 5.92 Å². The standard InChI is InChI=1S/C22H31N3O5/c1-29-18-13-19(26)24-12-11-23(14-15-6-7-15)10-8-16(24)20(18)21(27)25-9-4-3-5-17(25)22(28)30-2/h13,15,17H,3-12,14H2,1-2H3/t17-/m0/s1. The molecule has 3 heterocycles. The molecule has 4 rings (SSSR count). The molecule has 1 saturated carbocycles. The Labute approximate surface area is 176 Å². The Bertz CT molecular complexity index is 876. The summed E-state index contributed by atoms with van der Waals surface area (Å²) in [5.74, 6) is 0.423. The molecule has 1 atom stereocenters. The molecule has 0 unspecified atom stereocenters. The van der Waals surface area contributed by atoms with E-state index in [4.69, 9.17) is 9.47 Å². The van der Waals surface area contributed by atoms with Gasteiger partial charge < -0.3 is 23.8 Å². The van der Waals surface area contributed by atoms with Crippen LogP contribution in [0.1, 0.15) is 48.2 Å². The fraction of sp³-hybridized carbons (Fsp3) is 0.682. The van der Waals surface area contributed by atoms with Gasteiger partial charge in [-0.15, -0.1) is 0 Å². The Kier molecular flexibility index (Phi) is 6.13. The number of pyridine rings is 1. The van der Waals surface area contributed by atoms with E-state index in [-0.39, 0.29) is 11.5 Å². The van der Waals surface area contributed by atoms with Crippen LogP contribution in [0.3, 0.4) is 0 Å². The molecule has 0 N–H and O–H groups in total. The lowest BCUT2D eigenvalue weighted by molar-refractivity contribution is -0.147. The molecule has 1 aromatic heterocycles. The van der Waals surface area contributed by atoms with E-state index >= 15 is 0 Å². The molecule has 1 amide bonds. The van der Waals surface area contributed by atoms with Gasteiger partial charge in [-0.25, -0.2) is 4.79 Å². The van der Waals surface area contributed by atoms with Crippen LogP contribution in [-0.2, 0) is 22.5 Å². The minimum atomic E-state index is -0.592. The zero-order valence-corrected chi connectivity index (χ0v) is 17.9. The van der Waals surface area contributed by atoms with E-state index in [0.717, 1.165) is 44.1 Å². The van der Waals surface area contributed by atoms with Crippen LogP contribution in [-0.4, -0.2) is 72.7 Å². The highest BCUT2D eigenvalue weighted by molar-refractivity contribution is 6.00. The van der Waals surface area contributed by atoms with E-state index < -0.39 is 12.0 Å². The van der Waals surface area contributed by atoms with Gasteiger partial charge in [0, 0.05) is 50.9 Å². The van der Waals surface area contributed by atoms with Crippen molar-refractivity contribution in [3.8, 4) is 5.75 Å². The fourth-order valence-electron chi connectivity index (χ4n) is 4.73. The van der Waals surface area contributed by atoms with E-state index in [9.17, 15) is 14.4 Å². The first kappa shape index (κ1) is 20.9. The van der Waals surface area contributed by atoms with Crippen LogP contribution in [0.25, 0.3) is 0 Å². The summed E-state index contributed by atoms with van der Waals surface area (Å²) >= 11 is 0. The lowest BCUT2D eigenvalue weighted by Crippen LogP contribution is -2.49. The lowest BCUT2D eigenvalue weighted by Gasteiger charge is -2.34. The van der Waals surface area contributed by atoms with Gasteiger partial charge in [0.15, 0.2) is 0 Å². The van der Waals surface area contributed by atoms with E-state index in [1.165, 1.54) is 33.1 Å². The fourth-order valence-corrected chi connectivity index (χ4v) is 4.73. The number of nitrogens with zero attached hydrogens (tertiary/aromatic N) is 3. The van der Waals surface area contributed by atoms with Gasteiger partial charge in [-0.05, 0) is 38.0 Å². The monoisotopic (exact) mass is 417 g/mol. The van der Waals surface area contributed by atoms with E-state index in [1.807, 2.05) is 0 Å². The number of carbonyl (C=O) groups is 2. The van der Waals surface area contributed by atoms with Crippen LogP contribution >= 0.6 is 0 Å². The van der Waals surface area contributed by atoms with Crippen molar-refractivity contribution in [3.63, 3.8) is 0 Å². The smallest absolute Gasteiger partial charge is 0.328 e. The molecule has 30 heavy (non-hydrogen) atoms. The van der Waals surface area contributed by atoms with Crippen LogP contribution in [0.4, 0.5) is 0 Å². The maximum Gasteiger partial charge on any atom is 0.328 e. The first-order chi connectivity index (χ1) is 14.5. The normalized spacial score (nSPS) is 22.2. The van der Waals surface area contributed by atoms with Gasteiger partial charge >= 0.3 is 5.97 Å². The summed E-state index contributed by atoms with van der Waals surface area (Å²) in [6.45, 7) is 3.72. The molecule has 8 heteroatoms. The van der Waals surface area contributed by atoms with E-state index in [1.54, 1.807) is 9.47 Å². The van der Waals surface area contributed by atoms with Crippen molar-refractivity contribution >= 4 is 11.9 Å². The number of hydrogen-bond donors (Lipinski definition) is 0. The lowest BCUT2D eigenvalue weighted by atomic mass is 9.99. The largest absolute Gasteiger partial charge is 0.496 e. The number of likely N-dealkylation sites (tertiary alicyclic amines) is 1. The van der Waals surface area contributed by atoms with Crippen LogP contribution in [0.5, 0.6) is 5.75 Å². The summed E-state index contributed by atoms with van der Waals surface area (Å²) in [6, 6.07) is 0.815. The Hall–Kier alpha value is -2.35. The molecule has 0 radical (unpaired) electrons. The van der Waals surface area contributed by atoms with Crippen molar-refractivity contribution in [2.24, 2.45) is 5.92 Å². The molecule has 3 aliphatic rings. The topological polar surface area (TPSA) is 81.1 Å². The van der Waals surface area contributed by atoms with Crippen LogP contribution in [0.2, 0.25) is 0 Å². The Balaban J connectivity index is 1.69. The summed E-state index contributed by atoms with van der Waals surface area (Å²) in [4.78, 5) is 42.8. The number of ether oxygens (including phenoxy) is 2. The number of piperidine rings is 1. The maximum absolute atomic E-state index is 13.7. The third-order valence-electron chi connectivity index (χ3n) is 6.57. The zero-order valence-electron chi connectivity index (χ0n) is 17.9. The van der Waals surface area contributed by atoms with Crippen molar-refractivity contribution in [3.05, 3.63) is 27.7 Å². The van der Waals surface area contributed by atoms with Crippen molar-refractivity contribution in [1.82, 2.24) is 14.4 Å². The van der Waals surface area contributed by atoms with Crippen molar-refractivity contribution in [1.29, 1.82) is 0 Å².